The molecule has 0 fully saturated rings. The van der Waals surface area contributed by atoms with Crippen molar-refractivity contribution >= 4 is 33.9 Å². The summed E-state index contributed by atoms with van der Waals surface area (Å²) in [5, 5.41) is 14.4. The molecule has 0 aliphatic carbocycles. The summed E-state index contributed by atoms with van der Waals surface area (Å²) < 4.78 is 50.5. The van der Waals surface area contributed by atoms with Gasteiger partial charge in [-0.05, 0) is 26.0 Å². The molecule has 0 aliphatic rings. The van der Waals surface area contributed by atoms with E-state index in [9.17, 15) is 13.9 Å². The van der Waals surface area contributed by atoms with Crippen LogP contribution in [0.1, 0.15) is 19.7 Å². The minimum absolute atomic E-state index is 0.0309. The molecule has 0 bridgehead atoms. The van der Waals surface area contributed by atoms with E-state index in [-0.39, 0.29) is 41.8 Å². The van der Waals surface area contributed by atoms with Gasteiger partial charge in [-0.2, -0.15) is 5.10 Å². The second-order valence-electron chi connectivity index (χ2n) is 9.66. The Balaban J connectivity index is 1.61. The largest absolute Gasteiger partial charge is 0.497 e. The number of hydrogen-bond donors (Lipinski definition) is 2. The second kappa shape index (κ2) is 11.2. The molecule has 15 heteroatoms. The predicted octanol–water partition coefficient (Wildman–Crippen LogP) is 3.34. The van der Waals surface area contributed by atoms with Crippen molar-refractivity contribution < 1.29 is 27.7 Å². The second-order valence-corrected chi connectivity index (χ2v) is 10.5. The molecule has 1 aromatic carbocycles. The average Bonchev–Trinajstić information content (AvgIpc) is 3.60. The summed E-state index contributed by atoms with van der Waals surface area (Å²) in [5.41, 5.74) is 1.00. The van der Waals surface area contributed by atoms with Crippen LogP contribution in [-0.2, 0) is 24.4 Å². The minimum Gasteiger partial charge on any atom is -0.497 e. The molecule has 41 heavy (non-hydrogen) atoms. The third-order valence-electron chi connectivity index (χ3n) is 6.03. The van der Waals surface area contributed by atoms with Gasteiger partial charge in [-0.25, -0.2) is 27.5 Å². The Hall–Kier alpha value is -4.47. The number of aromatic nitrogens is 7. The molecule has 0 saturated heterocycles. The van der Waals surface area contributed by atoms with Crippen molar-refractivity contribution in [2.45, 2.75) is 32.5 Å². The van der Waals surface area contributed by atoms with Crippen LogP contribution < -0.4 is 14.4 Å². The number of anilines is 2. The number of benzene rings is 1. The van der Waals surface area contributed by atoms with Crippen LogP contribution in [0, 0.1) is 5.82 Å². The lowest BCUT2D eigenvalue weighted by molar-refractivity contribution is 0.0577. The zero-order valence-corrected chi connectivity index (χ0v) is 23.4. The molecule has 1 atom stereocenters. The Morgan fingerprint density at radius 2 is 1.93 bits per heavy atom. The lowest BCUT2D eigenvalue weighted by atomic mass is 10.1. The highest BCUT2D eigenvalue weighted by Gasteiger charge is 2.24. The molecule has 4 aromatic heterocycles. The molecule has 5 aromatic rings. The first-order valence-electron chi connectivity index (χ1n) is 12.3. The van der Waals surface area contributed by atoms with Gasteiger partial charge in [-0.3, -0.25) is 14.2 Å². The third-order valence-corrected chi connectivity index (χ3v) is 6.70. The molecular weight excluding hydrogens is 555 g/mol. The Morgan fingerprint density at radius 3 is 2.63 bits per heavy atom. The molecule has 1 unspecified atom stereocenters. The summed E-state index contributed by atoms with van der Waals surface area (Å²) >= 11 is -2.39. The van der Waals surface area contributed by atoms with Crippen LogP contribution in [0.15, 0.2) is 55.2 Å². The number of aliphatic hydroxyl groups is 1. The molecular formula is C26H27FN8O5S. The van der Waals surface area contributed by atoms with Crippen molar-refractivity contribution in [1.82, 2.24) is 33.7 Å². The van der Waals surface area contributed by atoms with Gasteiger partial charge >= 0.3 is 0 Å². The summed E-state index contributed by atoms with van der Waals surface area (Å²) in [6.45, 7) is 3.52. The highest BCUT2D eigenvalue weighted by molar-refractivity contribution is 7.77. The van der Waals surface area contributed by atoms with E-state index >= 15 is 4.39 Å². The van der Waals surface area contributed by atoms with Crippen LogP contribution in [0.25, 0.3) is 22.4 Å². The number of ether oxygens (including phenoxy) is 2. The van der Waals surface area contributed by atoms with Gasteiger partial charge in [-0.15, -0.1) is 0 Å². The molecule has 0 radical (unpaired) electrons. The molecule has 2 N–H and O–H groups in total. The van der Waals surface area contributed by atoms with Crippen molar-refractivity contribution in [1.29, 1.82) is 0 Å². The first kappa shape index (κ1) is 28.1. The quantitative estimate of drug-likeness (QED) is 0.233. The number of pyridine rings is 1. The Labute approximate surface area is 236 Å². The van der Waals surface area contributed by atoms with Crippen LogP contribution in [0.3, 0.4) is 0 Å². The number of fused-ring (bicyclic) bond motifs is 1. The molecule has 4 heterocycles. The number of rotatable bonds is 10. The first-order valence-corrected chi connectivity index (χ1v) is 13.3. The smallest absolute Gasteiger partial charge is 0.267 e. The molecule has 0 saturated carbocycles. The summed E-state index contributed by atoms with van der Waals surface area (Å²) in [6, 6.07) is 6.19. The standard InChI is InChI=1S/C26H27FN8O5S/c1-26(2,36)15-33-13-16(11-30-33)19-12-29-18-5-6-22(32-25(18)31-19)34(14-23-28-7-8-35(23)41(37)38)20-9-17(39-3)10-21(40-4)24(20)27/h5-13,36H,14-15H2,1-4H3,(H,37,38). The highest BCUT2D eigenvalue weighted by Crippen LogP contribution is 2.37. The number of hydrogen-bond acceptors (Lipinski definition) is 10. The summed E-state index contributed by atoms with van der Waals surface area (Å²) in [6.07, 6.45) is 7.66. The molecule has 214 valence electrons. The van der Waals surface area contributed by atoms with E-state index in [2.05, 4.69) is 25.0 Å². The van der Waals surface area contributed by atoms with Gasteiger partial charge in [0.2, 0.25) is 0 Å². The van der Waals surface area contributed by atoms with Gasteiger partial charge in [0.25, 0.3) is 11.3 Å². The van der Waals surface area contributed by atoms with Crippen LogP contribution >= 0.6 is 0 Å². The van der Waals surface area contributed by atoms with E-state index in [1.54, 1.807) is 49.3 Å². The minimum atomic E-state index is -2.39. The zero-order chi connectivity index (χ0) is 29.3. The molecule has 0 aliphatic heterocycles. The Morgan fingerprint density at radius 1 is 1.12 bits per heavy atom. The normalized spacial score (nSPS) is 12.5. The van der Waals surface area contributed by atoms with Crippen LogP contribution in [0.2, 0.25) is 0 Å². The first-order chi connectivity index (χ1) is 19.6. The van der Waals surface area contributed by atoms with Crippen molar-refractivity contribution in [2.24, 2.45) is 0 Å². The molecule has 13 nitrogen and oxygen atoms in total. The summed E-state index contributed by atoms with van der Waals surface area (Å²) in [5.74, 6) is -0.00719. The van der Waals surface area contributed by atoms with E-state index < -0.39 is 22.7 Å². The highest BCUT2D eigenvalue weighted by atomic mass is 32.2. The van der Waals surface area contributed by atoms with Crippen LogP contribution in [0.4, 0.5) is 15.9 Å². The third kappa shape index (κ3) is 6.01. The van der Waals surface area contributed by atoms with Gasteiger partial charge in [-0.1, -0.05) is 0 Å². The monoisotopic (exact) mass is 582 g/mol. The van der Waals surface area contributed by atoms with Crippen LogP contribution in [-0.4, -0.2) is 67.4 Å². The number of imidazole rings is 1. The number of nitrogens with zero attached hydrogens (tertiary/aromatic N) is 8. The summed E-state index contributed by atoms with van der Waals surface area (Å²) in [4.78, 5) is 19.5. The summed E-state index contributed by atoms with van der Waals surface area (Å²) in [7, 11) is 2.78. The van der Waals surface area contributed by atoms with E-state index in [1.165, 1.54) is 43.6 Å². The lowest BCUT2D eigenvalue weighted by Crippen LogP contribution is -2.26. The van der Waals surface area contributed by atoms with Gasteiger partial charge in [0.15, 0.2) is 17.2 Å². The van der Waals surface area contributed by atoms with Gasteiger partial charge in [0.05, 0.1) is 56.7 Å². The zero-order valence-electron chi connectivity index (χ0n) is 22.6. The average molecular weight is 583 g/mol. The predicted molar refractivity (Wildman–Crippen MR) is 149 cm³/mol. The van der Waals surface area contributed by atoms with E-state index in [4.69, 9.17) is 9.47 Å². The maximum Gasteiger partial charge on any atom is 0.267 e. The SMILES string of the molecule is COc1cc(OC)c(F)c(N(Cc2nccn2S(=O)O)c2ccc3ncc(-c4cnn(CC(C)(C)O)c4)nc3n2)c1. The van der Waals surface area contributed by atoms with Crippen molar-refractivity contribution in [3.63, 3.8) is 0 Å². The van der Waals surface area contributed by atoms with Crippen LogP contribution in [0.5, 0.6) is 11.5 Å². The lowest BCUT2D eigenvalue weighted by Gasteiger charge is -2.25. The topological polar surface area (TPSA) is 154 Å². The maximum absolute atomic E-state index is 15.7. The van der Waals surface area contributed by atoms with E-state index in [1.807, 2.05) is 0 Å². The Bertz CT molecular complexity index is 1730. The van der Waals surface area contributed by atoms with Crippen molar-refractivity contribution in [3.8, 4) is 22.8 Å². The fourth-order valence-electron chi connectivity index (χ4n) is 4.18. The van der Waals surface area contributed by atoms with E-state index in [0.29, 0.717) is 22.5 Å². The fraction of sp³-hybridized carbons (Fsp3) is 0.269. The fourth-order valence-corrected chi connectivity index (χ4v) is 4.63. The number of methoxy groups -OCH3 is 2. The Kier molecular flexibility index (Phi) is 7.66. The maximum atomic E-state index is 15.7. The molecule has 0 spiro atoms. The van der Waals surface area contributed by atoms with Gasteiger partial charge in [0.1, 0.15) is 22.9 Å². The molecule has 0 amide bonds. The van der Waals surface area contributed by atoms with Gasteiger partial charge in [0, 0.05) is 36.3 Å². The van der Waals surface area contributed by atoms with Gasteiger partial charge < -0.3 is 19.5 Å². The van der Waals surface area contributed by atoms with E-state index in [0.717, 1.165) is 3.97 Å². The van der Waals surface area contributed by atoms with Crippen molar-refractivity contribution in [2.75, 3.05) is 19.1 Å². The van der Waals surface area contributed by atoms with Crippen molar-refractivity contribution in [3.05, 3.63) is 66.9 Å². The number of halogens is 1. The molecule has 5 rings (SSSR count).